The second-order valence-corrected chi connectivity index (χ2v) is 2.57. The van der Waals surface area contributed by atoms with Crippen molar-refractivity contribution in [1.82, 2.24) is 0 Å². The van der Waals surface area contributed by atoms with E-state index in [1.165, 1.54) is 6.07 Å². The number of hydrogen-bond donors (Lipinski definition) is 2. The lowest BCUT2D eigenvalue weighted by Crippen LogP contribution is -1.97. The maximum Gasteiger partial charge on any atom is 0.115 e. The van der Waals surface area contributed by atoms with Gasteiger partial charge in [-0.15, -0.1) is 11.6 Å². The van der Waals surface area contributed by atoms with Gasteiger partial charge in [0.1, 0.15) is 5.75 Å². The lowest BCUT2D eigenvalue weighted by molar-refractivity contribution is 0.202. The fourth-order valence-corrected chi connectivity index (χ4v) is 0.999. The van der Waals surface area contributed by atoms with Gasteiger partial charge in [-0.1, -0.05) is 12.1 Å². The van der Waals surface area contributed by atoms with Crippen molar-refractivity contribution in [3.05, 3.63) is 29.8 Å². The van der Waals surface area contributed by atoms with Crippen LogP contribution in [0, 0.1) is 0 Å². The Kier molecular flexibility index (Phi) is 2.74. The van der Waals surface area contributed by atoms with Crippen molar-refractivity contribution >= 4 is 11.6 Å². The van der Waals surface area contributed by atoms with Gasteiger partial charge < -0.3 is 10.2 Å². The fourth-order valence-electron chi connectivity index (χ4n) is 0.821. The van der Waals surface area contributed by atoms with Crippen LogP contribution in [0.25, 0.3) is 0 Å². The monoisotopic (exact) mass is 172 g/mol. The summed E-state index contributed by atoms with van der Waals surface area (Å²) in [6, 6.07) is 6.42. The first-order valence-electron chi connectivity index (χ1n) is 3.27. The second-order valence-electron chi connectivity index (χ2n) is 2.27. The summed E-state index contributed by atoms with van der Waals surface area (Å²) < 4.78 is 0. The van der Waals surface area contributed by atoms with Gasteiger partial charge in [-0.3, -0.25) is 0 Å². The van der Waals surface area contributed by atoms with Crippen LogP contribution >= 0.6 is 11.6 Å². The molecule has 0 saturated carbocycles. The van der Waals surface area contributed by atoms with Crippen molar-refractivity contribution in [1.29, 1.82) is 0 Å². The summed E-state index contributed by atoms with van der Waals surface area (Å²) in [5, 5.41) is 18.2. The van der Waals surface area contributed by atoms with Gasteiger partial charge >= 0.3 is 0 Å². The molecule has 2 N–H and O–H groups in total. The molecule has 0 fully saturated rings. The lowest BCUT2D eigenvalue weighted by Gasteiger charge is -2.05. The van der Waals surface area contributed by atoms with Crippen LogP contribution in [0.4, 0.5) is 0 Å². The van der Waals surface area contributed by atoms with Crippen LogP contribution in [0.15, 0.2) is 24.3 Å². The third-order valence-electron chi connectivity index (χ3n) is 1.40. The van der Waals surface area contributed by atoms with Crippen molar-refractivity contribution in [2.45, 2.75) is 6.10 Å². The molecule has 0 aliphatic carbocycles. The Morgan fingerprint density at radius 2 is 2.18 bits per heavy atom. The zero-order valence-electron chi connectivity index (χ0n) is 5.87. The van der Waals surface area contributed by atoms with E-state index in [-0.39, 0.29) is 11.6 Å². The zero-order valence-corrected chi connectivity index (χ0v) is 6.62. The van der Waals surface area contributed by atoms with Crippen LogP contribution in [-0.4, -0.2) is 16.1 Å². The number of aliphatic hydroxyl groups excluding tert-OH is 1. The van der Waals surface area contributed by atoms with Gasteiger partial charge in [0.05, 0.1) is 12.0 Å². The number of phenols is 1. The first kappa shape index (κ1) is 8.37. The lowest BCUT2D eigenvalue weighted by atomic mass is 10.1. The van der Waals surface area contributed by atoms with E-state index in [1.54, 1.807) is 18.2 Å². The molecule has 0 radical (unpaired) electrons. The molecule has 0 bridgehead atoms. The van der Waals surface area contributed by atoms with Gasteiger partial charge in [0.25, 0.3) is 0 Å². The largest absolute Gasteiger partial charge is 0.508 e. The molecule has 0 aromatic heterocycles. The summed E-state index contributed by atoms with van der Waals surface area (Å²) in [4.78, 5) is 0. The van der Waals surface area contributed by atoms with E-state index in [1.807, 2.05) is 0 Å². The van der Waals surface area contributed by atoms with Gasteiger partial charge in [0, 0.05) is 0 Å². The number of aromatic hydroxyl groups is 1. The van der Waals surface area contributed by atoms with Crippen LogP contribution in [0.2, 0.25) is 0 Å². The molecular formula is C8H9ClO2. The standard InChI is InChI=1S/C8H9ClO2/c9-5-8(11)6-2-1-3-7(10)4-6/h1-4,8,10-11H,5H2. The molecule has 0 heterocycles. The molecule has 2 nitrogen and oxygen atoms in total. The topological polar surface area (TPSA) is 40.5 Å². The highest BCUT2D eigenvalue weighted by Gasteiger charge is 2.04. The summed E-state index contributed by atoms with van der Waals surface area (Å²) in [7, 11) is 0. The molecule has 0 spiro atoms. The van der Waals surface area contributed by atoms with E-state index in [2.05, 4.69) is 0 Å². The number of benzene rings is 1. The van der Waals surface area contributed by atoms with Crippen molar-refractivity contribution < 1.29 is 10.2 Å². The molecule has 0 aliphatic rings. The maximum atomic E-state index is 9.21. The predicted molar refractivity (Wildman–Crippen MR) is 43.8 cm³/mol. The molecule has 3 heteroatoms. The predicted octanol–water partition coefficient (Wildman–Crippen LogP) is 1.66. The quantitative estimate of drug-likeness (QED) is 0.667. The van der Waals surface area contributed by atoms with E-state index in [9.17, 15) is 5.11 Å². The van der Waals surface area contributed by atoms with Gasteiger partial charge in [0.2, 0.25) is 0 Å². The molecule has 1 atom stereocenters. The van der Waals surface area contributed by atoms with Gasteiger partial charge in [0.15, 0.2) is 0 Å². The Hall–Kier alpha value is -0.730. The molecule has 11 heavy (non-hydrogen) atoms. The zero-order chi connectivity index (χ0) is 8.27. The summed E-state index contributed by atoms with van der Waals surface area (Å²) in [6.45, 7) is 0. The average molecular weight is 173 g/mol. The van der Waals surface area contributed by atoms with Crippen molar-refractivity contribution in [2.24, 2.45) is 0 Å². The molecule has 1 aromatic rings. The SMILES string of the molecule is Oc1cccc(C(O)CCl)c1. The number of aliphatic hydroxyl groups is 1. The van der Waals surface area contributed by atoms with Crippen molar-refractivity contribution in [3.63, 3.8) is 0 Å². The number of phenolic OH excluding ortho intramolecular Hbond substituents is 1. The second kappa shape index (κ2) is 3.60. The number of rotatable bonds is 2. The van der Waals surface area contributed by atoms with E-state index in [0.717, 1.165) is 0 Å². The first-order chi connectivity index (χ1) is 5.24. The van der Waals surface area contributed by atoms with E-state index < -0.39 is 6.10 Å². The number of hydrogen-bond acceptors (Lipinski definition) is 2. The Morgan fingerprint density at radius 3 is 2.73 bits per heavy atom. The average Bonchev–Trinajstić information content (AvgIpc) is 2.03. The summed E-state index contributed by atoms with van der Waals surface area (Å²) in [5.74, 6) is 0.287. The van der Waals surface area contributed by atoms with Crippen LogP contribution in [0.1, 0.15) is 11.7 Å². The highest BCUT2D eigenvalue weighted by molar-refractivity contribution is 6.18. The van der Waals surface area contributed by atoms with Gasteiger partial charge in [-0.05, 0) is 17.7 Å². The Bertz CT molecular complexity index is 237. The normalized spacial score (nSPS) is 12.9. The minimum absolute atomic E-state index is 0.142. The van der Waals surface area contributed by atoms with Crippen molar-refractivity contribution in [2.75, 3.05) is 5.88 Å². The molecule has 60 valence electrons. The Morgan fingerprint density at radius 1 is 1.45 bits per heavy atom. The number of alkyl halides is 1. The molecule has 1 aromatic carbocycles. The third-order valence-corrected chi connectivity index (χ3v) is 1.69. The van der Waals surface area contributed by atoms with Crippen LogP contribution in [0.5, 0.6) is 5.75 Å². The maximum absolute atomic E-state index is 9.21. The summed E-state index contributed by atoms with van der Waals surface area (Å²) in [6.07, 6.45) is -0.691. The van der Waals surface area contributed by atoms with Gasteiger partial charge in [-0.25, -0.2) is 0 Å². The number of halogens is 1. The molecule has 1 rings (SSSR count). The summed E-state index contributed by atoms with van der Waals surface area (Å²) in [5.41, 5.74) is 0.639. The van der Waals surface area contributed by atoms with Gasteiger partial charge in [-0.2, -0.15) is 0 Å². The van der Waals surface area contributed by atoms with E-state index in [0.29, 0.717) is 5.56 Å². The van der Waals surface area contributed by atoms with E-state index >= 15 is 0 Å². The minimum Gasteiger partial charge on any atom is -0.508 e. The third kappa shape index (κ3) is 2.10. The first-order valence-corrected chi connectivity index (χ1v) is 3.80. The Labute approximate surface area is 70.1 Å². The molecule has 0 aliphatic heterocycles. The van der Waals surface area contributed by atoms with Crippen LogP contribution in [-0.2, 0) is 0 Å². The van der Waals surface area contributed by atoms with Crippen LogP contribution < -0.4 is 0 Å². The summed E-state index contributed by atoms with van der Waals surface area (Å²) >= 11 is 5.41. The highest BCUT2D eigenvalue weighted by atomic mass is 35.5. The molecule has 1 unspecified atom stereocenters. The van der Waals surface area contributed by atoms with Crippen molar-refractivity contribution in [3.8, 4) is 5.75 Å². The van der Waals surface area contributed by atoms with Crippen LogP contribution in [0.3, 0.4) is 0 Å². The highest BCUT2D eigenvalue weighted by Crippen LogP contribution is 2.18. The Balaban J connectivity index is 2.86. The molecular weight excluding hydrogens is 164 g/mol. The fraction of sp³-hybridized carbons (Fsp3) is 0.250. The smallest absolute Gasteiger partial charge is 0.115 e. The molecule has 0 amide bonds. The molecule has 0 saturated heterocycles. The van der Waals surface area contributed by atoms with E-state index in [4.69, 9.17) is 16.7 Å². The minimum atomic E-state index is -0.691.